The number of β-amino-alcohol motifs (C(OH)–C–C–N with tert-alkyl or cyclic N) is 1. The van der Waals surface area contributed by atoms with Crippen molar-refractivity contribution >= 4 is 28.9 Å². The zero-order chi connectivity index (χ0) is 19.4. The summed E-state index contributed by atoms with van der Waals surface area (Å²) in [5, 5.41) is 12.1. The lowest BCUT2D eigenvalue weighted by Crippen LogP contribution is -2.48. The molecule has 0 bridgehead atoms. The molecule has 3 rings (SSSR count). The number of aliphatic hydroxyl groups is 1. The molecule has 1 saturated heterocycles. The lowest BCUT2D eigenvalue weighted by atomic mass is 10.2. The van der Waals surface area contributed by atoms with Crippen LogP contribution < -0.4 is 15.6 Å². The molecule has 2 N–H and O–H groups in total. The van der Waals surface area contributed by atoms with E-state index in [-0.39, 0.29) is 17.8 Å². The number of amides is 1. The van der Waals surface area contributed by atoms with E-state index in [2.05, 4.69) is 10.2 Å². The SMILES string of the molecule is Cc1cccc(Cl)c1NC(=O)c1cc(=O)c(N2CCN(CCO)CC2)co1. The van der Waals surface area contributed by atoms with Crippen molar-refractivity contribution in [1.82, 2.24) is 4.90 Å². The molecule has 0 unspecified atom stereocenters. The Morgan fingerprint density at radius 1 is 1.30 bits per heavy atom. The van der Waals surface area contributed by atoms with Gasteiger partial charge >= 0.3 is 0 Å². The van der Waals surface area contributed by atoms with Crippen molar-refractivity contribution in [3.05, 3.63) is 57.1 Å². The van der Waals surface area contributed by atoms with Crippen LogP contribution in [0, 0.1) is 6.92 Å². The summed E-state index contributed by atoms with van der Waals surface area (Å²) in [5.74, 6) is -0.593. The number of nitrogens with one attached hydrogen (secondary N) is 1. The molecule has 1 aromatic heterocycles. The molecule has 0 aliphatic carbocycles. The average molecular weight is 392 g/mol. The number of nitrogens with zero attached hydrogens (tertiary/aromatic N) is 2. The summed E-state index contributed by atoms with van der Waals surface area (Å²) in [6, 6.07) is 6.51. The number of hydrogen-bond acceptors (Lipinski definition) is 6. The van der Waals surface area contributed by atoms with Crippen molar-refractivity contribution in [2.24, 2.45) is 0 Å². The van der Waals surface area contributed by atoms with Gasteiger partial charge in [-0.2, -0.15) is 0 Å². The molecule has 7 nitrogen and oxygen atoms in total. The van der Waals surface area contributed by atoms with Crippen molar-refractivity contribution in [2.45, 2.75) is 6.92 Å². The number of benzene rings is 1. The lowest BCUT2D eigenvalue weighted by Gasteiger charge is -2.35. The van der Waals surface area contributed by atoms with Crippen LogP contribution in [0.3, 0.4) is 0 Å². The highest BCUT2D eigenvalue weighted by atomic mass is 35.5. The minimum atomic E-state index is -0.525. The van der Waals surface area contributed by atoms with Gasteiger partial charge in [-0.15, -0.1) is 0 Å². The van der Waals surface area contributed by atoms with Gasteiger partial charge in [0.15, 0.2) is 5.76 Å². The first kappa shape index (κ1) is 19.4. The van der Waals surface area contributed by atoms with E-state index in [0.717, 1.165) is 18.7 Å². The smallest absolute Gasteiger partial charge is 0.291 e. The molecule has 2 aromatic rings. The summed E-state index contributed by atoms with van der Waals surface area (Å²) in [5.41, 5.74) is 1.48. The van der Waals surface area contributed by atoms with Crippen LogP contribution in [0.25, 0.3) is 0 Å². The summed E-state index contributed by atoms with van der Waals surface area (Å²) in [6.07, 6.45) is 1.33. The first-order valence-electron chi connectivity index (χ1n) is 8.77. The third-order valence-electron chi connectivity index (χ3n) is 4.63. The average Bonchev–Trinajstić information content (AvgIpc) is 2.66. The maximum Gasteiger partial charge on any atom is 0.291 e. The Labute approximate surface area is 162 Å². The highest BCUT2D eigenvalue weighted by Crippen LogP contribution is 2.25. The number of piperazine rings is 1. The van der Waals surface area contributed by atoms with E-state index in [1.807, 2.05) is 17.9 Å². The van der Waals surface area contributed by atoms with Gasteiger partial charge in [-0.1, -0.05) is 23.7 Å². The molecular weight excluding hydrogens is 370 g/mol. The first-order valence-corrected chi connectivity index (χ1v) is 9.15. The van der Waals surface area contributed by atoms with E-state index in [1.165, 1.54) is 12.3 Å². The zero-order valence-electron chi connectivity index (χ0n) is 15.1. The number of carbonyl (C=O) groups is 1. The molecule has 1 aromatic carbocycles. The molecule has 0 atom stereocenters. The van der Waals surface area contributed by atoms with Crippen molar-refractivity contribution < 1.29 is 14.3 Å². The maximum atomic E-state index is 12.5. The molecular formula is C19H22ClN3O4. The first-order chi connectivity index (χ1) is 13.0. The van der Waals surface area contributed by atoms with Gasteiger partial charge in [0.25, 0.3) is 5.91 Å². The Morgan fingerprint density at radius 2 is 2.04 bits per heavy atom. The van der Waals surface area contributed by atoms with Crippen LogP contribution in [-0.4, -0.2) is 55.2 Å². The van der Waals surface area contributed by atoms with Gasteiger partial charge in [0.2, 0.25) is 5.43 Å². The second-order valence-electron chi connectivity index (χ2n) is 6.43. The third kappa shape index (κ3) is 4.50. The summed E-state index contributed by atoms with van der Waals surface area (Å²) >= 11 is 6.12. The molecule has 27 heavy (non-hydrogen) atoms. The third-order valence-corrected chi connectivity index (χ3v) is 4.94. The second kappa shape index (κ2) is 8.56. The van der Waals surface area contributed by atoms with Gasteiger partial charge in [-0.25, -0.2) is 0 Å². The van der Waals surface area contributed by atoms with E-state index in [1.54, 1.807) is 12.1 Å². The minimum absolute atomic E-state index is 0.0676. The number of anilines is 2. The molecule has 1 fully saturated rings. The van der Waals surface area contributed by atoms with Crippen LogP contribution in [0.2, 0.25) is 5.02 Å². The van der Waals surface area contributed by atoms with Crippen molar-refractivity contribution in [1.29, 1.82) is 0 Å². The number of halogens is 1. The van der Waals surface area contributed by atoms with Crippen LogP contribution in [0.4, 0.5) is 11.4 Å². The second-order valence-corrected chi connectivity index (χ2v) is 6.84. The molecule has 0 saturated carbocycles. The highest BCUT2D eigenvalue weighted by molar-refractivity contribution is 6.34. The minimum Gasteiger partial charge on any atom is -0.457 e. The van der Waals surface area contributed by atoms with Gasteiger partial charge in [-0.3, -0.25) is 14.5 Å². The topological polar surface area (TPSA) is 86.0 Å². The number of para-hydroxylation sites is 1. The summed E-state index contributed by atoms with van der Waals surface area (Å²) in [6.45, 7) is 5.42. The Bertz CT molecular complexity index is 855. The highest BCUT2D eigenvalue weighted by Gasteiger charge is 2.21. The quantitative estimate of drug-likeness (QED) is 0.810. The van der Waals surface area contributed by atoms with E-state index in [0.29, 0.717) is 36.0 Å². The van der Waals surface area contributed by atoms with Crippen molar-refractivity contribution in [3.8, 4) is 0 Å². The lowest BCUT2D eigenvalue weighted by molar-refractivity contribution is 0.0994. The molecule has 8 heteroatoms. The summed E-state index contributed by atoms with van der Waals surface area (Å²) in [4.78, 5) is 29.0. The fraction of sp³-hybridized carbons (Fsp3) is 0.368. The van der Waals surface area contributed by atoms with Gasteiger partial charge in [0.1, 0.15) is 12.0 Å². The Balaban J connectivity index is 1.71. The van der Waals surface area contributed by atoms with E-state index < -0.39 is 5.91 Å². The van der Waals surface area contributed by atoms with Crippen LogP contribution in [0.5, 0.6) is 0 Å². The van der Waals surface area contributed by atoms with Crippen molar-refractivity contribution in [3.63, 3.8) is 0 Å². The largest absolute Gasteiger partial charge is 0.457 e. The number of aliphatic hydroxyl groups excluding tert-OH is 1. The van der Waals surface area contributed by atoms with Crippen LogP contribution >= 0.6 is 11.6 Å². The molecule has 2 heterocycles. The van der Waals surface area contributed by atoms with Crippen LogP contribution in [0.15, 0.2) is 39.7 Å². The van der Waals surface area contributed by atoms with Gasteiger partial charge in [0.05, 0.1) is 17.3 Å². The predicted molar refractivity (Wildman–Crippen MR) is 105 cm³/mol. The van der Waals surface area contributed by atoms with Gasteiger partial charge in [0, 0.05) is 38.8 Å². The fourth-order valence-electron chi connectivity index (χ4n) is 3.07. The maximum absolute atomic E-state index is 12.5. The summed E-state index contributed by atoms with van der Waals surface area (Å²) in [7, 11) is 0. The molecule has 0 spiro atoms. The van der Waals surface area contributed by atoms with E-state index >= 15 is 0 Å². The van der Waals surface area contributed by atoms with E-state index in [4.69, 9.17) is 21.1 Å². The van der Waals surface area contributed by atoms with Crippen LogP contribution in [0.1, 0.15) is 16.1 Å². The zero-order valence-corrected chi connectivity index (χ0v) is 15.8. The number of rotatable bonds is 5. The Morgan fingerprint density at radius 3 is 2.67 bits per heavy atom. The predicted octanol–water partition coefficient (Wildman–Crippen LogP) is 1.97. The van der Waals surface area contributed by atoms with E-state index in [9.17, 15) is 9.59 Å². The number of aryl methyl sites for hydroxylation is 1. The molecule has 144 valence electrons. The molecule has 0 radical (unpaired) electrons. The van der Waals surface area contributed by atoms with Gasteiger partial charge < -0.3 is 19.7 Å². The number of hydrogen-bond donors (Lipinski definition) is 2. The van der Waals surface area contributed by atoms with Crippen LogP contribution in [-0.2, 0) is 0 Å². The van der Waals surface area contributed by atoms with Crippen molar-refractivity contribution in [2.75, 3.05) is 49.5 Å². The normalized spacial score (nSPS) is 15.0. The Kier molecular flexibility index (Phi) is 6.15. The molecule has 1 aliphatic heterocycles. The molecule has 1 aliphatic rings. The fourth-order valence-corrected chi connectivity index (χ4v) is 3.34. The Hall–Kier alpha value is -2.35. The van der Waals surface area contributed by atoms with Gasteiger partial charge in [-0.05, 0) is 18.6 Å². The standard InChI is InChI=1S/C19H22ClN3O4/c1-13-3-2-4-14(20)18(13)21-19(26)17-11-16(25)15(12-27-17)23-7-5-22(6-8-23)9-10-24/h2-4,11-12,24H,5-10H2,1H3,(H,21,26). The summed E-state index contributed by atoms with van der Waals surface area (Å²) < 4.78 is 5.43. The monoisotopic (exact) mass is 391 g/mol. The molecule has 1 amide bonds. The number of carbonyl (C=O) groups excluding carboxylic acids is 1.